The van der Waals surface area contributed by atoms with Gasteiger partial charge in [0, 0.05) is 12.6 Å². The highest BCUT2D eigenvalue weighted by atomic mass is 32.1. The van der Waals surface area contributed by atoms with Crippen molar-refractivity contribution in [2.24, 2.45) is 0 Å². The quantitative estimate of drug-likeness (QED) is 0.870. The van der Waals surface area contributed by atoms with Crippen LogP contribution in [0.4, 0.5) is 0 Å². The molecule has 2 unspecified atom stereocenters. The van der Waals surface area contributed by atoms with E-state index in [0.29, 0.717) is 6.54 Å². The molecule has 0 aliphatic rings. The van der Waals surface area contributed by atoms with Crippen molar-refractivity contribution in [3.8, 4) is 0 Å². The highest BCUT2D eigenvalue weighted by molar-refractivity contribution is 7.07. The normalized spacial score (nSPS) is 14.2. The number of thiophene rings is 1. The first-order valence-electron chi connectivity index (χ1n) is 7.00. The predicted octanol–water partition coefficient (Wildman–Crippen LogP) is 4.06. The second-order valence-corrected chi connectivity index (χ2v) is 6.29. The number of aryl methyl sites for hydroxylation is 3. The fraction of sp³-hybridized carbons (Fsp3) is 0.412. The van der Waals surface area contributed by atoms with Gasteiger partial charge in [-0.3, -0.25) is 0 Å². The molecule has 0 fully saturated rings. The van der Waals surface area contributed by atoms with Crippen LogP contribution in [0.2, 0.25) is 0 Å². The van der Waals surface area contributed by atoms with Gasteiger partial charge in [0.25, 0.3) is 0 Å². The van der Waals surface area contributed by atoms with Gasteiger partial charge in [-0.1, -0.05) is 17.7 Å². The van der Waals surface area contributed by atoms with Gasteiger partial charge in [-0.25, -0.2) is 0 Å². The lowest BCUT2D eigenvalue weighted by Gasteiger charge is -2.21. The van der Waals surface area contributed by atoms with Gasteiger partial charge in [-0.2, -0.15) is 11.3 Å². The van der Waals surface area contributed by atoms with Crippen molar-refractivity contribution in [1.82, 2.24) is 5.32 Å². The standard InChI is InChI=1S/C17H23NOS/c1-11-7-12(2)17(13(3)8-11)14(4)18-9-16(19)15-5-6-20-10-15/h5-8,10,14,16,18-19H,9H2,1-4H3. The number of benzene rings is 1. The first-order chi connectivity index (χ1) is 9.49. The van der Waals surface area contributed by atoms with E-state index in [9.17, 15) is 5.11 Å². The molecule has 20 heavy (non-hydrogen) atoms. The average Bonchev–Trinajstić information content (AvgIpc) is 2.88. The SMILES string of the molecule is Cc1cc(C)c(C(C)NCC(O)c2ccsc2)c(C)c1. The summed E-state index contributed by atoms with van der Waals surface area (Å²) in [6.45, 7) is 9.17. The summed E-state index contributed by atoms with van der Waals surface area (Å²) in [6, 6.07) is 6.65. The minimum Gasteiger partial charge on any atom is -0.387 e. The molecule has 108 valence electrons. The molecule has 2 nitrogen and oxygen atoms in total. The number of rotatable bonds is 5. The minimum atomic E-state index is -0.435. The lowest BCUT2D eigenvalue weighted by atomic mass is 9.95. The summed E-state index contributed by atoms with van der Waals surface area (Å²) in [5.74, 6) is 0. The molecule has 1 heterocycles. The van der Waals surface area contributed by atoms with E-state index >= 15 is 0 Å². The smallest absolute Gasteiger partial charge is 0.0922 e. The van der Waals surface area contributed by atoms with Crippen molar-refractivity contribution < 1.29 is 5.11 Å². The molecule has 2 N–H and O–H groups in total. The van der Waals surface area contributed by atoms with E-state index in [1.807, 2.05) is 16.8 Å². The van der Waals surface area contributed by atoms with E-state index in [-0.39, 0.29) is 6.04 Å². The second kappa shape index (κ2) is 6.53. The van der Waals surface area contributed by atoms with E-state index in [1.54, 1.807) is 11.3 Å². The van der Waals surface area contributed by atoms with Gasteiger partial charge in [-0.05, 0) is 66.8 Å². The molecule has 0 radical (unpaired) electrons. The summed E-state index contributed by atoms with van der Waals surface area (Å²) in [6.07, 6.45) is -0.435. The maximum atomic E-state index is 10.1. The van der Waals surface area contributed by atoms with Crippen molar-refractivity contribution in [2.75, 3.05) is 6.54 Å². The summed E-state index contributed by atoms with van der Waals surface area (Å²) in [4.78, 5) is 0. The molecule has 0 bridgehead atoms. The molecule has 1 aromatic heterocycles. The van der Waals surface area contributed by atoms with Crippen LogP contribution in [0.15, 0.2) is 29.0 Å². The van der Waals surface area contributed by atoms with E-state index in [2.05, 4.69) is 45.1 Å². The lowest BCUT2D eigenvalue weighted by molar-refractivity contribution is 0.171. The highest BCUT2D eigenvalue weighted by Crippen LogP contribution is 2.24. The molecule has 2 atom stereocenters. The second-order valence-electron chi connectivity index (χ2n) is 5.51. The van der Waals surface area contributed by atoms with Crippen LogP contribution >= 0.6 is 11.3 Å². The lowest BCUT2D eigenvalue weighted by Crippen LogP contribution is -2.25. The molecular weight excluding hydrogens is 266 g/mol. The number of aliphatic hydroxyl groups is 1. The van der Waals surface area contributed by atoms with Gasteiger partial charge in [0.2, 0.25) is 0 Å². The largest absolute Gasteiger partial charge is 0.387 e. The van der Waals surface area contributed by atoms with E-state index < -0.39 is 6.10 Å². The Labute approximate surface area is 125 Å². The van der Waals surface area contributed by atoms with Gasteiger partial charge in [0.15, 0.2) is 0 Å². The third-order valence-corrected chi connectivity index (χ3v) is 4.42. The maximum absolute atomic E-state index is 10.1. The van der Waals surface area contributed by atoms with Crippen LogP contribution in [0.1, 0.15) is 46.9 Å². The van der Waals surface area contributed by atoms with Gasteiger partial charge >= 0.3 is 0 Å². The Kier molecular flexibility index (Phi) is 4.97. The molecule has 0 saturated carbocycles. The maximum Gasteiger partial charge on any atom is 0.0922 e. The number of hydrogen-bond acceptors (Lipinski definition) is 3. The summed E-state index contributed by atoms with van der Waals surface area (Å²) < 4.78 is 0. The first-order valence-corrected chi connectivity index (χ1v) is 7.94. The molecule has 3 heteroatoms. The molecule has 0 amide bonds. The van der Waals surface area contributed by atoms with Crippen molar-refractivity contribution in [3.63, 3.8) is 0 Å². The van der Waals surface area contributed by atoms with Gasteiger partial charge < -0.3 is 10.4 Å². The number of hydrogen-bond donors (Lipinski definition) is 2. The fourth-order valence-electron chi connectivity index (χ4n) is 2.85. The van der Waals surface area contributed by atoms with Crippen LogP contribution in [0.25, 0.3) is 0 Å². The third kappa shape index (κ3) is 3.48. The van der Waals surface area contributed by atoms with Crippen LogP contribution in [0.5, 0.6) is 0 Å². The molecule has 2 rings (SSSR count). The van der Waals surface area contributed by atoms with Crippen LogP contribution in [-0.2, 0) is 0 Å². The van der Waals surface area contributed by atoms with Crippen LogP contribution in [0, 0.1) is 20.8 Å². The average molecular weight is 289 g/mol. The summed E-state index contributed by atoms with van der Waals surface area (Å²) >= 11 is 1.62. The van der Waals surface area contributed by atoms with Gasteiger partial charge in [-0.15, -0.1) is 0 Å². The predicted molar refractivity (Wildman–Crippen MR) is 86.3 cm³/mol. The molecule has 0 aliphatic carbocycles. The Bertz CT molecular complexity index is 539. The third-order valence-electron chi connectivity index (χ3n) is 3.72. The van der Waals surface area contributed by atoms with Crippen molar-refractivity contribution in [2.45, 2.75) is 39.8 Å². The monoisotopic (exact) mass is 289 g/mol. The minimum absolute atomic E-state index is 0.240. The molecular formula is C17H23NOS. The Morgan fingerprint density at radius 3 is 2.40 bits per heavy atom. The van der Waals surface area contributed by atoms with Crippen LogP contribution in [0.3, 0.4) is 0 Å². The number of nitrogens with one attached hydrogen (secondary N) is 1. The topological polar surface area (TPSA) is 32.3 Å². The zero-order valence-electron chi connectivity index (χ0n) is 12.6. The van der Waals surface area contributed by atoms with Crippen LogP contribution < -0.4 is 5.32 Å². The molecule has 0 saturated heterocycles. The zero-order chi connectivity index (χ0) is 14.7. The Morgan fingerprint density at radius 2 is 1.85 bits per heavy atom. The molecule has 0 aliphatic heterocycles. The van der Waals surface area contributed by atoms with E-state index in [1.165, 1.54) is 22.3 Å². The van der Waals surface area contributed by atoms with Gasteiger partial charge in [0.1, 0.15) is 0 Å². The van der Waals surface area contributed by atoms with E-state index in [0.717, 1.165) is 5.56 Å². The van der Waals surface area contributed by atoms with Crippen molar-refractivity contribution in [3.05, 3.63) is 56.8 Å². The molecule has 1 aromatic carbocycles. The first kappa shape index (κ1) is 15.2. The summed E-state index contributed by atoms with van der Waals surface area (Å²) in [5, 5.41) is 17.6. The number of aliphatic hydroxyl groups excluding tert-OH is 1. The molecule has 0 spiro atoms. The Hall–Kier alpha value is -1.16. The summed E-state index contributed by atoms with van der Waals surface area (Å²) in [5.41, 5.74) is 6.26. The van der Waals surface area contributed by atoms with E-state index in [4.69, 9.17) is 0 Å². The highest BCUT2D eigenvalue weighted by Gasteiger charge is 2.14. The van der Waals surface area contributed by atoms with Crippen molar-refractivity contribution >= 4 is 11.3 Å². The molecule has 2 aromatic rings. The van der Waals surface area contributed by atoms with Crippen molar-refractivity contribution in [1.29, 1.82) is 0 Å². The van der Waals surface area contributed by atoms with Gasteiger partial charge in [0.05, 0.1) is 6.10 Å². The van der Waals surface area contributed by atoms with Crippen LogP contribution in [-0.4, -0.2) is 11.7 Å². The Morgan fingerprint density at radius 1 is 1.20 bits per heavy atom. The summed E-state index contributed by atoms with van der Waals surface area (Å²) in [7, 11) is 0. The zero-order valence-corrected chi connectivity index (χ0v) is 13.4. The fourth-order valence-corrected chi connectivity index (χ4v) is 3.55. The Balaban J connectivity index is 2.04.